The zero-order valence-electron chi connectivity index (χ0n) is 11.2. The van der Waals surface area contributed by atoms with Gasteiger partial charge in [-0.15, -0.1) is 0 Å². The lowest BCUT2D eigenvalue weighted by Crippen LogP contribution is -2.05. The van der Waals surface area contributed by atoms with E-state index in [1.54, 1.807) is 24.3 Å². The highest BCUT2D eigenvalue weighted by Crippen LogP contribution is 2.20. The van der Waals surface area contributed by atoms with Crippen LogP contribution in [0, 0.1) is 0 Å². The fourth-order valence-electron chi connectivity index (χ4n) is 1.74. The third kappa shape index (κ3) is 5.14. The van der Waals surface area contributed by atoms with Gasteiger partial charge in [-0.3, -0.25) is 0 Å². The van der Waals surface area contributed by atoms with E-state index >= 15 is 0 Å². The monoisotopic (exact) mass is 264 g/mol. The van der Waals surface area contributed by atoms with Crippen LogP contribution in [-0.4, -0.2) is 30.9 Å². The van der Waals surface area contributed by atoms with Crippen LogP contribution in [0.3, 0.4) is 0 Å². The standard InChI is InChI=1S/C15H20O4/c1-3-9-19-13-7-8-14(15(16)17)12(11-13)6-5-10-18-4-2/h3,7-8,11H,1,4-6,9-10H2,2H3,(H,16,17). The summed E-state index contributed by atoms with van der Waals surface area (Å²) in [6.07, 6.45) is 3.10. The summed E-state index contributed by atoms with van der Waals surface area (Å²) in [4.78, 5) is 11.1. The van der Waals surface area contributed by atoms with Crippen LogP contribution in [0.1, 0.15) is 29.3 Å². The summed E-state index contributed by atoms with van der Waals surface area (Å²) in [5, 5.41) is 9.15. The van der Waals surface area contributed by atoms with Gasteiger partial charge >= 0.3 is 5.97 Å². The Morgan fingerprint density at radius 1 is 1.47 bits per heavy atom. The molecule has 104 valence electrons. The first-order chi connectivity index (χ1) is 9.19. The number of aryl methyl sites for hydroxylation is 1. The number of carboxylic acid groups (broad SMARTS) is 1. The maximum Gasteiger partial charge on any atom is 0.335 e. The second-order valence-corrected chi connectivity index (χ2v) is 4.02. The number of carboxylic acids is 1. The molecule has 4 heteroatoms. The lowest BCUT2D eigenvalue weighted by molar-refractivity contribution is 0.0695. The van der Waals surface area contributed by atoms with Crippen molar-refractivity contribution in [3.05, 3.63) is 42.0 Å². The van der Waals surface area contributed by atoms with Gasteiger partial charge in [-0.1, -0.05) is 12.7 Å². The van der Waals surface area contributed by atoms with Crippen molar-refractivity contribution in [2.45, 2.75) is 19.8 Å². The molecule has 0 bridgehead atoms. The highest BCUT2D eigenvalue weighted by atomic mass is 16.5. The molecule has 0 amide bonds. The lowest BCUT2D eigenvalue weighted by atomic mass is 10.0. The smallest absolute Gasteiger partial charge is 0.335 e. The van der Waals surface area contributed by atoms with Gasteiger partial charge in [-0.2, -0.15) is 0 Å². The Morgan fingerprint density at radius 2 is 2.26 bits per heavy atom. The molecule has 19 heavy (non-hydrogen) atoms. The summed E-state index contributed by atoms with van der Waals surface area (Å²) in [7, 11) is 0. The Bertz CT molecular complexity index is 426. The Kier molecular flexibility index (Phi) is 6.68. The molecule has 0 unspecified atom stereocenters. The number of ether oxygens (including phenoxy) is 2. The van der Waals surface area contributed by atoms with Crippen LogP contribution < -0.4 is 4.74 Å². The fourth-order valence-corrected chi connectivity index (χ4v) is 1.74. The summed E-state index contributed by atoms with van der Waals surface area (Å²) < 4.78 is 10.7. The van der Waals surface area contributed by atoms with Crippen molar-refractivity contribution in [2.24, 2.45) is 0 Å². The van der Waals surface area contributed by atoms with Gasteiger partial charge in [-0.05, 0) is 43.5 Å². The zero-order valence-corrected chi connectivity index (χ0v) is 11.2. The van der Waals surface area contributed by atoms with Crippen LogP contribution in [0.4, 0.5) is 0 Å². The van der Waals surface area contributed by atoms with Crippen LogP contribution in [0.15, 0.2) is 30.9 Å². The van der Waals surface area contributed by atoms with Crippen LogP contribution in [0.25, 0.3) is 0 Å². The van der Waals surface area contributed by atoms with Crippen molar-refractivity contribution in [3.63, 3.8) is 0 Å². The molecular formula is C15H20O4. The van der Waals surface area contributed by atoms with Crippen molar-refractivity contribution in [3.8, 4) is 5.75 Å². The molecule has 0 aliphatic heterocycles. The number of hydrogen-bond acceptors (Lipinski definition) is 3. The molecule has 0 saturated carbocycles. The molecule has 0 aliphatic rings. The van der Waals surface area contributed by atoms with Gasteiger partial charge in [0.25, 0.3) is 0 Å². The molecule has 0 saturated heterocycles. The molecule has 1 aromatic rings. The quantitative estimate of drug-likeness (QED) is 0.550. The Labute approximate surface area is 113 Å². The van der Waals surface area contributed by atoms with Crippen LogP contribution in [0.2, 0.25) is 0 Å². The second-order valence-electron chi connectivity index (χ2n) is 4.02. The topological polar surface area (TPSA) is 55.8 Å². The molecule has 0 atom stereocenters. The maximum atomic E-state index is 11.1. The van der Waals surface area contributed by atoms with Gasteiger partial charge < -0.3 is 14.6 Å². The first-order valence-corrected chi connectivity index (χ1v) is 6.36. The average molecular weight is 264 g/mol. The van der Waals surface area contributed by atoms with Gasteiger partial charge in [0.1, 0.15) is 12.4 Å². The molecule has 0 aromatic heterocycles. The normalized spacial score (nSPS) is 10.2. The molecule has 0 fully saturated rings. The van der Waals surface area contributed by atoms with Crippen LogP contribution in [0.5, 0.6) is 5.75 Å². The predicted octanol–water partition coefficient (Wildman–Crippen LogP) is 2.92. The molecule has 0 aliphatic carbocycles. The van der Waals surface area contributed by atoms with Crippen molar-refractivity contribution in [2.75, 3.05) is 19.8 Å². The summed E-state index contributed by atoms with van der Waals surface area (Å²) in [5.41, 5.74) is 1.09. The Morgan fingerprint density at radius 3 is 2.89 bits per heavy atom. The average Bonchev–Trinajstić information content (AvgIpc) is 2.41. The first kappa shape index (κ1) is 15.2. The number of carbonyl (C=O) groups is 1. The van der Waals surface area contributed by atoms with Gasteiger partial charge in [0.2, 0.25) is 0 Å². The SMILES string of the molecule is C=CCOc1ccc(C(=O)O)c(CCCOCC)c1. The Hall–Kier alpha value is -1.81. The fraction of sp³-hybridized carbons (Fsp3) is 0.400. The molecule has 1 aromatic carbocycles. The van der Waals surface area contributed by atoms with Crippen LogP contribution >= 0.6 is 0 Å². The third-order valence-corrected chi connectivity index (χ3v) is 2.61. The minimum absolute atomic E-state index is 0.322. The van der Waals surface area contributed by atoms with E-state index in [0.717, 1.165) is 12.0 Å². The number of aromatic carboxylic acids is 1. The van der Waals surface area contributed by atoms with E-state index in [9.17, 15) is 4.79 Å². The highest BCUT2D eigenvalue weighted by Gasteiger charge is 2.11. The van der Waals surface area contributed by atoms with E-state index < -0.39 is 5.97 Å². The molecule has 4 nitrogen and oxygen atoms in total. The van der Waals surface area contributed by atoms with Gasteiger partial charge in [0.05, 0.1) is 5.56 Å². The molecule has 1 rings (SSSR count). The van der Waals surface area contributed by atoms with E-state index in [0.29, 0.717) is 37.6 Å². The van der Waals surface area contributed by atoms with Crippen molar-refractivity contribution in [1.29, 1.82) is 0 Å². The maximum absolute atomic E-state index is 11.1. The molecular weight excluding hydrogens is 244 g/mol. The highest BCUT2D eigenvalue weighted by molar-refractivity contribution is 5.89. The molecule has 0 heterocycles. The van der Waals surface area contributed by atoms with E-state index in [4.69, 9.17) is 14.6 Å². The first-order valence-electron chi connectivity index (χ1n) is 6.36. The zero-order chi connectivity index (χ0) is 14.1. The van der Waals surface area contributed by atoms with E-state index in [1.165, 1.54) is 0 Å². The summed E-state index contributed by atoms with van der Waals surface area (Å²) in [6, 6.07) is 5.02. The lowest BCUT2D eigenvalue weighted by Gasteiger charge is -2.10. The second kappa shape index (κ2) is 8.32. The summed E-state index contributed by atoms with van der Waals surface area (Å²) in [6.45, 7) is 7.23. The minimum Gasteiger partial charge on any atom is -0.490 e. The van der Waals surface area contributed by atoms with Gasteiger partial charge in [-0.25, -0.2) is 4.79 Å². The van der Waals surface area contributed by atoms with Gasteiger partial charge in [0, 0.05) is 13.2 Å². The van der Waals surface area contributed by atoms with E-state index in [1.807, 2.05) is 6.92 Å². The van der Waals surface area contributed by atoms with E-state index in [2.05, 4.69) is 6.58 Å². The third-order valence-electron chi connectivity index (χ3n) is 2.61. The predicted molar refractivity (Wildman–Crippen MR) is 73.9 cm³/mol. The van der Waals surface area contributed by atoms with Crippen molar-refractivity contribution < 1.29 is 19.4 Å². The van der Waals surface area contributed by atoms with Crippen molar-refractivity contribution >= 4 is 5.97 Å². The Balaban J connectivity index is 2.76. The molecule has 0 spiro atoms. The largest absolute Gasteiger partial charge is 0.490 e. The van der Waals surface area contributed by atoms with Crippen molar-refractivity contribution in [1.82, 2.24) is 0 Å². The minimum atomic E-state index is -0.915. The number of benzene rings is 1. The molecule has 1 N–H and O–H groups in total. The van der Waals surface area contributed by atoms with E-state index in [-0.39, 0.29) is 0 Å². The number of rotatable bonds is 9. The van der Waals surface area contributed by atoms with Crippen LogP contribution in [-0.2, 0) is 11.2 Å². The summed E-state index contributed by atoms with van der Waals surface area (Å²) in [5.74, 6) is -0.252. The number of hydrogen-bond donors (Lipinski definition) is 1. The molecule has 0 radical (unpaired) electrons. The summed E-state index contributed by atoms with van der Waals surface area (Å²) >= 11 is 0. The van der Waals surface area contributed by atoms with Gasteiger partial charge in [0.15, 0.2) is 0 Å².